The summed E-state index contributed by atoms with van der Waals surface area (Å²) in [5.74, 6) is -0.0488. The molecule has 12 heavy (non-hydrogen) atoms. The lowest BCUT2D eigenvalue weighted by Gasteiger charge is -2.16. The zero-order chi connectivity index (χ0) is 9.14. The minimum absolute atomic E-state index is 0.0488. The molecular weight excluding hydrogens is 152 g/mol. The summed E-state index contributed by atoms with van der Waals surface area (Å²) in [4.78, 5) is 12.9. The van der Waals surface area contributed by atoms with Crippen molar-refractivity contribution < 1.29 is 4.79 Å². The van der Waals surface area contributed by atoms with E-state index >= 15 is 0 Å². The normalized spacial score (nSPS) is 20.9. The van der Waals surface area contributed by atoms with Gasteiger partial charge in [-0.05, 0) is 25.8 Å². The van der Waals surface area contributed by atoms with Gasteiger partial charge in [0.15, 0.2) is 0 Å². The minimum atomic E-state index is -0.0488. The molecule has 1 amide bonds. The summed E-state index contributed by atoms with van der Waals surface area (Å²) in [5, 5.41) is 0. The fraction of sp³-hybridized carbons (Fsp3) is 0.444. The second-order valence-corrected chi connectivity index (χ2v) is 2.93. The number of likely N-dealkylation sites (tertiary alicyclic amines) is 1. The van der Waals surface area contributed by atoms with E-state index in [1.165, 1.54) is 6.08 Å². The molecule has 1 fully saturated rings. The minimum Gasteiger partial charge on any atom is -0.401 e. The van der Waals surface area contributed by atoms with Gasteiger partial charge in [0.05, 0.1) is 0 Å². The molecule has 1 heterocycles. The summed E-state index contributed by atoms with van der Waals surface area (Å²) < 4.78 is 0. The zero-order valence-corrected chi connectivity index (χ0v) is 7.34. The van der Waals surface area contributed by atoms with Crippen LogP contribution in [0.25, 0.3) is 0 Å². The summed E-state index contributed by atoms with van der Waals surface area (Å²) in [6.45, 7) is 6.04. The van der Waals surface area contributed by atoms with E-state index in [0.29, 0.717) is 0 Å². The van der Waals surface area contributed by atoms with Crippen molar-refractivity contribution in [2.75, 3.05) is 6.54 Å². The molecular formula is C9H14N2O. The number of nitrogens with two attached hydrogens (primary N) is 1. The lowest BCUT2D eigenvalue weighted by molar-refractivity contribution is -0.123. The lowest BCUT2D eigenvalue weighted by Crippen LogP contribution is -2.25. The van der Waals surface area contributed by atoms with Crippen molar-refractivity contribution in [1.82, 2.24) is 4.90 Å². The first-order chi connectivity index (χ1) is 5.66. The summed E-state index contributed by atoms with van der Waals surface area (Å²) in [5.41, 5.74) is 7.33. The van der Waals surface area contributed by atoms with Gasteiger partial charge in [-0.15, -0.1) is 0 Å². The molecule has 0 atom stereocenters. The van der Waals surface area contributed by atoms with Gasteiger partial charge in [0, 0.05) is 17.9 Å². The van der Waals surface area contributed by atoms with Crippen LogP contribution in [0.4, 0.5) is 0 Å². The molecule has 0 aromatic heterocycles. The van der Waals surface area contributed by atoms with Gasteiger partial charge >= 0.3 is 0 Å². The van der Waals surface area contributed by atoms with Crippen molar-refractivity contribution in [3.8, 4) is 0 Å². The van der Waals surface area contributed by atoms with Crippen LogP contribution in [-0.2, 0) is 4.79 Å². The van der Waals surface area contributed by atoms with Gasteiger partial charge in [0.1, 0.15) is 0 Å². The molecule has 1 rings (SSSR count). The van der Waals surface area contributed by atoms with Crippen molar-refractivity contribution >= 4 is 5.91 Å². The van der Waals surface area contributed by atoms with E-state index in [1.54, 1.807) is 4.90 Å². The van der Waals surface area contributed by atoms with Crippen molar-refractivity contribution in [1.29, 1.82) is 0 Å². The van der Waals surface area contributed by atoms with E-state index in [2.05, 4.69) is 6.58 Å². The van der Waals surface area contributed by atoms with E-state index in [9.17, 15) is 4.79 Å². The Hall–Kier alpha value is -1.25. The maximum absolute atomic E-state index is 11.2. The predicted molar refractivity (Wildman–Crippen MR) is 48.0 cm³/mol. The molecule has 3 heteroatoms. The average Bonchev–Trinajstić information content (AvgIpc) is 2.50. The molecule has 2 N–H and O–H groups in total. The largest absolute Gasteiger partial charge is 0.401 e. The molecule has 0 aliphatic carbocycles. The molecule has 0 aromatic rings. The van der Waals surface area contributed by atoms with Crippen molar-refractivity contribution in [3.63, 3.8) is 0 Å². The Labute approximate surface area is 72.5 Å². The Morgan fingerprint density at radius 2 is 2.42 bits per heavy atom. The summed E-state index contributed by atoms with van der Waals surface area (Å²) in [7, 11) is 0. The molecule has 0 bridgehead atoms. The first-order valence-corrected chi connectivity index (χ1v) is 4.06. The predicted octanol–water partition coefficient (Wildman–Crippen LogP) is 0.985. The maximum Gasteiger partial charge on any atom is 0.250 e. The van der Waals surface area contributed by atoms with Gasteiger partial charge in [0.2, 0.25) is 5.91 Å². The van der Waals surface area contributed by atoms with Gasteiger partial charge in [-0.25, -0.2) is 0 Å². The Morgan fingerprint density at radius 3 is 2.92 bits per heavy atom. The van der Waals surface area contributed by atoms with Crippen molar-refractivity contribution in [3.05, 3.63) is 24.0 Å². The number of hydrogen-bond acceptors (Lipinski definition) is 2. The monoisotopic (exact) mass is 166 g/mol. The number of nitrogens with zero attached hydrogens (tertiary/aromatic N) is 1. The van der Waals surface area contributed by atoms with Crippen LogP contribution in [0.1, 0.15) is 19.8 Å². The number of allylic oxidation sites excluding steroid dienone is 2. The molecule has 1 aliphatic heterocycles. The number of carbonyl (C=O) groups is 1. The second-order valence-electron chi connectivity index (χ2n) is 2.93. The molecule has 66 valence electrons. The van der Waals surface area contributed by atoms with Crippen LogP contribution in [0.2, 0.25) is 0 Å². The fourth-order valence-corrected chi connectivity index (χ4v) is 1.44. The second kappa shape index (κ2) is 3.43. The van der Waals surface area contributed by atoms with Crippen molar-refractivity contribution in [2.45, 2.75) is 19.8 Å². The third kappa shape index (κ3) is 1.49. The molecule has 0 radical (unpaired) electrons. The first-order valence-electron chi connectivity index (χ1n) is 4.06. The quantitative estimate of drug-likeness (QED) is 0.590. The Balaban J connectivity index is 2.85. The van der Waals surface area contributed by atoms with Gasteiger partial charge in [0.25, 0.3) is 0 Å². The molecule has 1 aliphatic rings. The van der Waals surface area contributed by atoms with Gasteiger partial charge in [-0.2, -0.15) is 0 Å². The fourth-order valence-electron chi connectivity index (χ4n) is 1.44. The maximum atomic E-state index is 11.2. The Bertz CT molecular complexity index is 239. The van der Waals surface area contributed by atoms with Gasteiger partial charge < -0.3 is 10.6 Å². The van der Waals surface area contributed by atoms with Gasteiger partial charge in [-0.1, -0.05) is 6.58 Å². The van der Waals surface area contributed by atoms with Crippen molar-refractivity contribution in [2.24, 2.45) is 5.73 Å². The standard InChI is InChI=1S/C9H14N2O/c1-3-9(12)11-6-4-5-8(11)7(2)10/h3H,1,4-6,10H2,2H3/b8-7-. The SMILES string of the molecule is C=CC(=O)N1CCC/C1=C(\C)N. The third-order valence-corrected chi connectivity index (χ3v) is 2.02. The van der Waals surface area contributed by atoms with E-state index < -0.39 is 0 Å². The highest BCUT2D eigenvalue weighted by atomic mass is 16.2. The lowest BCUT2D eigenvalue weighted by atomic mass is 10.3. The van der Waals surface area contributed by atoms with E-state index in [0.717, 1.165) is 30.8 Å². The van der Waals surface area contributed by atoms with Crippen LogP contribution >= 0.6 is 0 Å². The van der Waals surface area contributed by atoms with Crippen LogP contribution < -0.4 is 5.73 Å². The topological polar surface area (TPSA) is 46.3 Å². The average molecular weight is 166 g/mol. The molecule has 3 nitrogen and oxygen atoms in total. The third-order valence-electron chi connectivity index (χ3n) is 2.02. The van der Waals surface area contributed by atoms with Crippen LogP contribution in [0.5, 0.6) is 0 Å². The zero-order valence-electron chi connectivity index (χ0n) is 7.34. The summed E-state index contributed by atoms with van der Waals surface area (Å²) in [6, 6.07) is 0. The molecule has 0 unspecified atom stereocenters. The molecule has 1 saturated heterocycles. The van der Waals surface area contributed by atoms with Crippen LogP contribution in [0, 0.1) is 0 Å². The van der Waals surface area contributed by atoms with E-state index in [-0.39, 0.29) is 5.91 Å². The van der Waals surface area contributed by atoms with Crippen LogP contribution in [0.15, 0.2) is 24.0 Å². The number of hydrogen-bond donors (Lipinski definition) is 1. The number of amides is 1. The Kier molecular flexibility index (Phi) is 2.53. The Morgan fingerprint density at radius 1 is 1.75 bits per heavy atom. The smallest absolute Gasteiger partial charge is 0.250 e. The highest BCUT2D eigenvalue weighted by Gasteiger charge is 2.22. The highest BCUT2D eigenvalue weighted by Crippen LogP contribution is 2.22. The summed E-state index contributed by atoms with van der Waals surface area (Å²) in [6.07, 6.45) is 3.24. The molecule has 0 saturated carbocycles. The highest BCUT2D eigenvalue weighted by molar-refractivity contribution is 5.88. The van der Waals surface area contributed by atoms with Gasteiger partial charge in [-0.3, -0.25) is 4.79 Å². The number of carbonyl (C=O) groups excluding carboxylic acids is 1. The molecule has 0 aromatic carbocycles. The van der Waals surface area contributed by atoms with E-state index in [1.807, 2.05) is 6.92 Å². The summed E-state index contributed by atoms with van der Waals surface area (Å²) >= 11 is 0. The molecule has 0 spiro atoms. The first kappa shape index (κ1) is 8.84. The van der Waals surface area contributed by atoms with Crippen LogP contribution in [0.3, 0.4) is 0 Å². The van der Waals surface area contributed by atoms with E-state index in [4.69, 9.17) is 5.73 Å². The van der Waals surface area contributed by atoms with Crippen LogP contribution in [-0.4, -0.2) is 17.4 Å². The number of rotatable bonds is 1.